The maximum atomic E-state index is 11.8. The highest BCUT2D eigenvalue weighted by molar-refractivity contribution is 6.12. The standard InChI is InChI=1S/C13H12N4O3/c14-12(20)9-7-15-17-13(9)16-11(19)6-10(18)8-4-2-1-3-5-8/h1-5,7H,6H2,(H2,14,20)(H2,15,16,17,19). The smallest absolute Gasteiger partial charge is 0.254 e. The normalized spacial score (nSPS) is 10.0. The lowest BCUT2D eigenvalue weighted by Gasteiger charge is -2.04. The molecule has 0 atom stereocenters. The number of anilines is 1. The number of Topliss-reactive ketones (excluding diaryl/α,β-unsaturated/α-hetero) is 1. The van der Waals surface area contributed by atoms with E-state index >= 15 is 0 Å². The van der Waals surface area contributed by atoms with E-state index in [0.29, 0.717) is 5.56 Å². The Labute approximate surface area is 114 Å². The van der Waals surface area contributed by atoms with Gasteiger partial charge in [0.2, 0.25) is 5.91 Å². The lowest BCUT2D eigenvalue weighted by atomic mass is 10.1. The molecule has 0 aliphatic heterocycles. The first-order valence-electron chi connectivity index (χ1n) is 5.79. The van der Waals surface area contributed by atoms with Crippen molar-refractivity contribution >= 4 is 23.4 Å². The van der Waals surface area contributed by atoms with E-state index < -0.39 is 11.8 Å². The molecule has 0 fully saturated rings. The molecule has 0 radical (unpaired) electrons. The maximum Gasteiger partial charge on any atom is 0.254 e. The number of hydrogen-bond acceptors (Lipinski definition) is 4. The fraction of sp³-hybridized carbons (Fsp3) is 0.0769. The van der Waals surface area contributed by atoms with E-state index in [1.54, 1.807) is 30.3 Å². The van der Waals surface area contributed by atoms with Crippen LogP contribution in [0.5, 0.6) is 0 Å². The summed E-state index contributed by atoms with van der Waals surface area (Å²) in [5.74, 6) is -1.50. The van der Waals surface area contributed by atoms with Crippen LogP contribution in [0.25, 0.3) is 0 Å². The van der Waals surface area contributed by atoms with Gasteiger partial charge in [0, 0.05) is 5.56 Å². The summed E-state index contributed by atoms with van der Waals surface area (Å²) in [4.78, 5) is 34.6. The molecule has 0 spiro atoms. The average molecular weight is 272 g/mol. The van der Waals surface area contributed by atoms with Crippen LogP contribution in [0.4, 0.5) is 5.82 Å². The monoisotopic (exact) mass is 272 g/mol. The van der Waals surface area contributed by atoms with Crippen molar-refractivity contribution in [2.45, 2.75) is 6.42 Å². The highest BCUT2D eigenvalue weighted by atomic mass is 16.2. The number of aromatic nitrogens is 2. The molecule has 0 bridgehead atoms. The second-order valence-corrected chi connectivity index (χ2v) is 4.04. The zero-order valence-electron chi connectivity index (χ0n) is 10.4. The number of ketones is 1. The second-order valence-electron chi connectivity index (χ2n) is 4.04. The van der Waals surface area contributed by atoms with Gasteiger partial charge < -0.3 is 11.1 Å². The molecule has 0 aliphatic carbocycles. The molecule has 20 heavy (non-hydrogen) atoms. The largest absolute Gasteiger partial charge is 0.365 e. The van der Waals surface area contributed by atoms with Crippen molar-refractivity contribution in [3.63, 3.8) is 0 Å². The van der Waals surface area contributed by atoms with Gasteiger partial charge in [-0.05, 0) is 0 Å². The summed E-state index contributed by atoms with van der Waals surface area (Å²) < 4.78 is 0. The number of benzene rings is 1. The number of rotatable bonds is 5. The molecule has 7 nitrogen and oxygen atoms in total. The summed E-state index contributed by atoms with van der Waals surface area (Å²) in [6, 6.07) is 8.46. The third-order valence-corrected chi connectivity index (χ3v) is 2.59. The minimum Gasteiger partial charge on any atom is -0.365 e. The van der Waals surface area contributed by atoms with E-state index in [9.17, 15) is 14.4 Å². The molecule has 2 aromatic rings. The van der Waals surface area contributed by atoms with Gasteiger partial charge in [0.15, 0.2) is 5.78 Å². The number of primary amides is 1. The van der Waals surface area contributed by atoms with E-state index in [1.165, 1.54) is 6.20 Å². The number of carbonyl (C=O) groups excluding carboxylic acids is 3. The van der Waals surface area contributed by atoms with Crippen LogP contribution in [0.2, 0.25) is 0 Å². The molecule has 1 aromatic heterocycles. The fourth-order valence-corrected chi connectivity index (χ4v) is 1.62. The summed E-state index contributed by atoms with van der Waals surface area (Å²) in [5.41, 5.74) is 5.62. The van der Waals surface area contributed by atoms with Gasteiger partial charge in [-0.25, -0.2) is 0 Å². The van der Waals surface area contributed by atoms with Crippen LogP contribution in [0, 0.1) is 0 Å². The number of aromatic amines is 1. The Morgan fingerprint density at radius 2 is 1.90 bits per heavy atom. The Morgan fingerprint density at radius 1 is 1.20 bits per heavy atom. The summed E-state index contributed by atoms with van der Waals surface area (Å²) in [5, 5.41) is 8.44. The minimum atomic E-state index is -0.719. The van der Waals surface area contributed by atoms with Gasteiger partial charge >= 0.3 is 0 Å². The fourth-order valence-electron chi connectivity index (χ4n) is 1.62. The molecule has 4 N–H and O–H groups in total. The third kappa shape index (κ3) is 3.08. The summed E-state index contributed by atoms with van der Waals surface area (Å²) >= 11 is 0. The molecule has 7 heteroatoms. The third-order valence-electron chi connectivity index (χ3n) is 2.59. The summed E-state index contributed by atoms with van der Waals surface area (Å²) in [6.45, 7) is 0. The summed E-state index contributed by atoms with van der Waals surface area (Å²) in [6.07, 6.45) is 0.873. The number of H-pyrrole nitrogens is 1. The van der Waals surface area contributed by atoms with Crippen molar-refractivity contribution in [3.05, 3.63) is 47.7 Å². The van der Waals surface area contributed by atoms with Gasteiger partial charge in [0.25, 0.3) is 5.91 Å². The zero-order chi connectivity index (χ0) is 14.5. The Kier molecular flexibility index (Phi) is 3.90. The van der Waals surface area contributed by atoms with Crippen LogP contribution in [0.15, 0.2) is 36.5 Å². The Hall–Kier alpha value is -2.96. The first kappa shape index (κ1) is 13.5. The predicted molar refractivity (Wildman–Crippen MR) is 71.1 cm³/mol. The topological polar surface area (TPSA) is 118 Å². The summed E-state index contributed by atoms with van der Waals surface area (Å²) in [7, 11) is 0. The number of amides is 2. The van der Waals surface area contributed by atoms with E-state index in [2.05, 4.69) is 15.5 Å². The van der Waals surface area contributed by atoms with Crippen LogP contribution in [0.3, 0.4) is 0 Å². The SMILES string of the molecule is NC(=O)c1cn[nH]c1NC(=O)CC(=O)c1ccccc1. The van der Waals surface area contributed by atoms with Crippen molar-refractivity contribution < 1.29 is 14.4 Å². The van der Waals surface area contributed by atoms with Crippen LogP contribution in [0.1, 0.15) is 27.1 Å². The quantitative estimate of drug-likeness (QED) is 0.549. The average Bonchev–Trinajstić information content (AvgIpc) is 2.87. The number of hydrogen-bond donors (Lipinski definition) is 3. The van der Waals surface area contributed by atoms with Gasteiger partial charge in [0.05, 0.1) is 12.6 Å². The molecule has 1 heterocycles. The Balaban J connectivity index is 2.01. The lowest BCUT2D eigenvalue weighted by Crippen LogP contribution is -2.20. The van der Waals surface area contributed by atoms with Crippen LogP contribution in [-0.2, 0) is 4.79 Å². The van der Waals surface area contributed by atoms with Crippen molar-refractivity contribution in [1.82, 2.24) is 10.2 Å². The molecule has 0 aliphatic rings. The molecular weight excluding hydrogens is 260 g/mol. The first-order valence-corrected chi connectivity index (χ1v) is 5.79. The lowest BCUT2D eigenvalue weighted by molar-refractivity contribution is -0.115. The Morgan fingerprint density at radius 3 is 2.55 bits per heavy atom. The molecule has 0 unspecified atom stereocenters. The molecular formula is C13H12N4O3. The first-order chi connectivity index (χ1) is 9.58. The second kappa shape index (κ2) is 5.79. The molecule has 1 aromatic carbocycles. The van der Waals surface area contributed by atoms with E-state index in [0.717, 1.165) is 0 Å². The van der Waals surface area contributed by atoms with Gasteiger partial charge in [0.1, 0.15) is 11.4 Å². The Bertz CT molecular complexity index is 649. The highest BCUT2D eigenvalue weighted by Crippen LogP contribution is 2.11. The van der Waals surface area contributed by atoms with Crippen LogP contribution >= 0.6 is 0 Å². The van der Waals surface area contributed by atoms with Gasteiger partial charge in [-0.2, -0.15) is 5.10 Å². The maximum absolute atomic E-state index is 11.8. The molecule has 0 saturated heterocycles. The molecule has 2 amide bonds. The van der Waals surface area contributed by atoms with E-state index in [4.69, 9.17) is 5.73 Å². The van der Waals surface area contributed by atoms with Crippen LogP contribution in [-0.4, -0.2) is 27.8 Å². The zero-order valence-corrected chi connectivity index (χ0v) is 10.4. The number of carbonyl (C=O) groups is 3. The number of nitrogens with zero attached hydrogens (tertiary/aromatic N) is 1. The molecule has 2 rings (SSSR count). The van der Waals surface area contributed by atoms with Crippen LogP contribution < -0.4 is 11.1 Å². The minimum absolute atomic E-state index is 0.0607. The number of nitrogens with one attached hydrogen (secondary N) is 2. The highest BCUT2D eigenvalue weighted by Gasteiger charge is 2.16. The van der Waals surface area contributed by atoms with Crippen molar-refractivity contribution in [2.24, 2.45) is 5.73 Å². The van der Waals surface area contributed by atoms with Crippen molar-refractivity contribution in [1.29, 1.82) is 0 Å². The van der Waals surface area contributed by atoms with Gasteiger partial charge in [-0.3, -0.25) is 19.5 Å². The number of nitrogens with two attached hydrogens (primary N) is 1. The van der Waals surface area contributed by atoms with Crippen molar-refractivity contribution in [3.8, 4) is 0 Å². The van der Waals surface area contributed by atoms with E-state index in [1.807, 2.05) is 0 Å². The van der Waals surface area contributed by atoms with Gasteiger partial charge in [-0.1, -0.05) is 30.3 Å². The van der Waals surface area contributed by atoms with E-state index in [-0.39, 0.29) is 23.6 Å². The predicted octanol–water partition coefficient (Wildman–Crippen LogP) is 0.720. The van der Waals surface area contributed by atoms with Crippen molar-refractivity contribution in [2.75, 3.05) is 5.32 Å². The molecule has 102 valence electrons. The van der Waals surface area contributed by atoms with Gasteiger partial charge in [-0.15, -0.1) is 0 Å². The molecule has 0 saturated carbocycles.